The summed E-state index contributed by atoms with van der Waals surface area (Å²) < 4.78 is 0. The normalized spacial score (nSPS) is 27.8. The lowest BCUT2D eigenvalue weighted by Crippen LogP contribution is -2.43. The molecule has 1 saturated heterocycles. The Balaban J connectivity index is 1.77. The first-order valence-corrected chi connectivity index (χ1v) is 7.10. The summed E-state index contributed by atoms with van der Waals surface area (Å²) in [6.07, 6.45) is 8.89. The maximum absolute atomic E-state index is 12.4. The van der Waals surface area contributed by atoms with Crippen LogP contribution in [-0.4, -0.2) is 39.4 Å². The summed E-state index contributed by atoms with van der Waals surface area (Å²) in [5.74, 6) is 0.421. The third-order valence-corrected chi connectivity index (χ3v) is 4.37. The van der Waals surface area contributed by atoms with Crippen LogP contribution in [0.15, 0.2) is 12.4 Å². The Kier molecular flexibility index (Phi) is 3.36. The molecule has 1 amide bonds. The number of amides is 1. The molecule has 3 rings (SSSR count). The minimum atomic E-state index is 0.00891. The molecule has 1 N–H and O–H groups in total. The highest BCUT2D eigenvalue weighted by molar-refractivity contribution is 5.94. The van der Waals surface area contributed by atoms with E-state index in [9.17, 15) is 9.59 Å². The molecule has 1 aromatic heterocycles. The molecule has 102 valence electrons. The summed E-state index contributed by atoms with van der Waals surface area (Å²) in [7, 11) is 0. The van der Waals surface area contributed by atoms with Gasteiger partial charge in [-0.1, -0.05) is 6.42 Å². The van der Waals surface area contributed by atoms with Gasteiger partial charge < -0.3 is 4.90 Å². The van der Waals surface area contributed by atoms with Crippen molar-refractivity contribution in [1.29, 1.82) is 0 Å². The Labute approximate surface area is 112 Å². The molecule has 1 aliphatic heterocycles. The lowest BCUT2D eigenvalue weighted by molar-refractivity contribution is -0.126. The Morgan fingerprint density at radius 3 is 2.95 bits per heavy atom. The van der Waals surface area contributed by atoms with Gasteiger partial charge in [0.05, 0.1) is 11.8 Å². The number of nitrogens with zero attached hydrogens (tertiary/aromatic N) is 2. The Morgan fingerprint density at radius 1 is 1.32 bits per heavy atom. The molecular formula is C14H19N3O2. The minimum Gasteiger partial charge on any atom is -0.335 e. The van der Waals surface area contributed by atoms with Crippen molar-refractivity contribution >= 4 is 11.7 Å². The lowest BCUT2D eigenvalue weighted by atomic mass is 9.81. The Bertz CT molecular complexity index is 469. The van der Waals surface area contributed by atoms with E-state index in [0.717, 1.165) is 38.6 Å². The number of aromatic nitrogens is 2. The van der Waals surface area contributed by atoms with E-state index in [4.69, 9.17) is 0 Å². The third kappa shape index (κ3) is 2.29. The van der Waals surface area contributed by atoms with Crippen molar-refractivity contribution in [2.75, 3.05) is 6.54 Å². The second-order valence-electron chi connectivity index (χ2n) is 5.51. The van der Waals surface area contributed by atoms with Crippen molar-refractivity contribution in [1.82, 2.24) is 15.1 Å². The van der Waals surface area contributed by atoms with Crippen molar-refractivity contribution in [2.45, 2.75) is 44.6 Å². The van der Waals surface area contributed by atoms with Crippen LogP contribution in [0.4, 0.5) is 0 Å². The first-order valence-electron chi connectivity index (χ1n) is 7.10. The molecule has 5 heteroatoms. The van der Waals surface area contributed by atoms with Gasteiger partial charge in [-0.3, -0.25) is 14.7 Å². The molecule has 2 atom stereocenters. The van der Waals surface area contributed by atoms with Crippen molar-refractivity contribution in [2.24, 2.45) is 5.92 Å². The molecule has 1 aliphatic carbocycles. The summed E-state index contributed by atoms with van der Waals surface area (Å²) in [5.41, 5.74) is 0.593. The largest absolute Gasteiger partial charge is 0.335 e. The third-order valence-electron chi connectivity index (χ3n) is 4.37. The quantitative estimate of drug-likeness (QED) is 0.882. The summed E-state index contributed by atoms with van der Waals surface area (Å²) in [5, 5.41) is 6.50. The highest BCUT2D eigenvalue weighted by Gasteiger charge is 2.39. The van der Waals surface area contributed by atoms with Crippen LogP contribution in [0.25, 0.3) is 0 Å². The summed E-state index contributed by atoms with van der Waals surface area (Å²) in [6.45, 7) is 0.762. The molecule has 0 radical (unpaired) electrons. The fraction of sp³-hybridized carbons (Fsp3) is 0.643. The molecule has 5 nitrogen and oxygen atoms in total. The number of Topliss-reactive ketones (excluding diaryl/α,β-unsaturated/α-hetero) is 1. The van der Waals surface area contributed by atoms with E-state index in [1.165, 1.54) is 0 Å². The lowest BCUT2D eigenvalue weighted by Gasteiger charge is -2.32. The second-order valence-corrected chi connectivity index (χ2v) is 5.51. The van der Waals surface area contributed by atoms with Crippen molar-refractivity contribution in [3.8, 4) is 0 Å². The molecule has 2 heterocycles. The average Bonchev–Trinajstić information content (AvgIpc) is 3.10. The predicted molar refractivity (Wildman–Crippen MR) is 69.6 cm³/mol. The van der Waals surface area contributed by atoms with E-state index in [0.29, 0.717) is 17.8 Å². The van der Waals surface area contributed by atoms with Crippen LogP contribution in [0.5, 0.6) is 0 Å². The number of likely N-dealkylation sites (tertiary alicyclic amines) is 1. The maximum Gasteiger partial charge on any atom is 0.257 e. The summed E-state index contributed by atoms with van der Waals surface area (Å²) >= 11 is 0. The van der Waals surface area contributed by atoms with Gasteiger partial charge in [0.1, 0.15) is 5.78 Å². The average molecular weight is 261 g/mol. The number of hydrogen-bond acceptors (Lipinski definition) is 3. The number of rotatable bonds is 2. The molecule has 2 fully saturated rings. The fourth-order valence-corrected chi connectivity index (χ4v) is 3.41. The van der Waals surface area contributed by atoms with Gasteiger partial charge in [-0.2, -0.15) is 5.10 Å². The monoisotopic (exact) mass is 261 g/mol. The number of hydrogen-bond donors (Lipinski definition) is 1. The number of carbonyl (C=O) groups excluding carboxylic acids is 2. The Morgan fingerprint density at radius 2 is 2.21 bits per heavy atom. The van der Waals surface area contributed by atoms with Gasteiger partial charge in [-0.15, -0.1) is 0 Å². The minimum absolute atomic E-state index is 0.00891. The maximum atomic E-state index is 12.4. The molecule has 1 aromatic rings. The van der Waals surface area contributed by atoms with Crippen LogP contribution in [0.3, 0.4) is 0 Å². The van der Waals surface area contributed by atoms with E-state index in [1.807, 2.05) is 4.90 Å². The SMILES string of the molecule is O=C1CCCCC1C1CCCN1C(=O)c1cn[nH]c1. The highest BCUT2D eigenvalue weighted by Crippen LogP contribution is 2.33. The first kappa shape index (κ1) is 12.4. The number of aromatic amines is 1. The first-order chi connectivity index (χ1) is 9.27. The molecular weight excluding hydrogens is 242 g/mol. The molecule has 1 saturated carbocycles. The van der Waals surface area contributed by atoms with Crippen LogP contribution in [0.2, 0.25) is 0 Å². The van der Waals surface area contributed by atoms with Gasteiger partial charge in [0.15, 0.2) is 0 Å². The zero-order chi connectivity index (χ0) is 13.2. The zero-order valence-corrected chi connectivity index (χ0v) is 11.0. The predicted octanol–water partition coefficient (Wildman–Crippen LogP) is 1.77. The van der Waals surface area contributed by atoms with Crippen LogP contribution in [-0.2, 0) is 4.79 Å². The van der Waals surface area contributed by atoms with E-state index in [2.05, 4.69) is 10.2 Å². The van der Waals surface area contributed by atoms with Crippen molar-refractivity contribution in [3.05, 3.63) is 18.0 Å². The molecule has 0 spiro atoms. The van der Waals surface area contributed by atoms with Crippen LogP contribution in [0, 0.1) is 5.92 Å². The number of ketones is 1. The number of carbonyl (C=O) groups is 2. The van der Waals surface area contributed by atoms with E-state index in [1.54, 1.807) is 12.4 Å². The van der Waals surface area contributed by atoms with Gasteiger partial charge >= 0.3 is 0 Å². The molecule has 0 bridgehead atoms. The number of nitrogens with one attached hydrogen (secondary N) is 1. The van der Waals surface area contributed by atoms with E-state index in [-0.39, 0.29) is 17.9 Å². The molecule has 0 aromatic carbocycles. The fourth-order valence-electron chi connectivity index (χ4n) is 3.41. The van der Waals surface area contributed by atoms with Gasteiger partial charge in [-0.25, -0.2) is 0 Å². The zero-order valence-electron chi connectivity index (χ0n) is 11.0. The van der Waals surface area contributed by atoms with Gasteiger partial charge in [-0.05, 0) is 25.7 Å². The second kappa shape index (κ2) is 5.15. The summed E-state index contributed by atoms with van der Waals surface area (Å²) in [6, 6.07) is 0.107. The van der Waals surface area contributed by atoms with Crippen LogP contribution >= 0.6 is 0 Å². The van der Waals surface area contributed by atoms with Gasteiger partial charge in [0.2, 0.25) is 0 Å². The summed E-state index contributed by atoms with van der Waals surface area (Å²) in [4.78, 5) is 26.4. The van der Waals surface area contributed by atoms with Crippen molar-refractivity contribution < 1.29 is 9.59 Å². The standard InChI is InChI=1S/C14H19N3O2/c18-13-6-2-1-4-11(13)12-5-3-7-17(12)14(19)10-8-15-16-9-10/h8-9,11-12H,1-7H2,(H,15,16). The smallest absolute Gasteiger partial charge is 0.257 e. The van der Waals surface area contributed by atoms with Crippen LogP contribution in [0.1, 0.15) is 48.9 Å². The van der Waals surface area contributed by atoms with Crippen molar-refractivity contribution in [3.63, 3.8) is 0 Å². The molecule has 2 unspecified atom stereocenters. The van der Waals surface area contributed by atoms with Gasteiger partial charge in [0, 0.05) is 31.1 Å². The molecule has 2 aliphatic rings. The van der Waals surface area contributed by atoms with E-state index >= 15 is 0 Å². The topological polar surface area (TPSA) is 66.1 Å². The van der Waals surface area contributed by atoms with Crippen LogP contribution < -0.4 is 0 Å². The van der Waals surface area contributed by atoms with E-state index < -0.39 is 0 Å². The Hall–Kier alpha value is -1.65. The molecule has 19 heavy (non-hydrogen) atoms. The van der Waals surface area contributed by atoms with Gasteiger partial charge in [0.25, 0.3) is 5.91 Å². The highest BCUT2D eigenvalue weighted by atomic mass is 16.2. The number of H-pyrrole nitrogens is 1.